The summed E-state index contributed by atoms with van der Waals surface area (Å²) in [6.07, 6.45) is 13.3. The Labute approximate surface area is 165 Å². The lowest BCUT2D eigenvalue weighted by atomic mass is 9.84. The van der Waals surface area contributed by atoms with E-state index in [0.29, 0.717) is 10.8 Å². The first-order chi connectivity index (χ1) is 12.7. The minimum absolute atomic E-state index is 0.0363. The number of unbranched alkanes of at least 4 members (excludes halogenated alkanes) is 3. The molecule has 3 heteroatoms. The first-order valence-electron chi connectivity index (χ1n) is 10.9. The molecule has 0 saturated heterocycles. The highest BCUT2D eigenvalue weighted by atomic mass is 16.3. The van der Waals surface area contributed by atoms with Crippen LogP contribution in [0.3, 0.4) is 0 Å². The summed E-state index contributed by atoms with van der Waals surface area (Å²) in [5.74, 6) is -0.116. The Morgan fingerprint density at radius 2 is 1.52 bits per heavy atom. The minimum atomic E-state index is -0.205. The molecule has 0 aliphatic heterocycles. The average molecular weight is 377 g/mol. The van der Waals surface area contributed by atoms with Crippen molar-refractivity contribution in [1.82, 2.24) is 0 Å². The molecule has 1 aliphatic carbocycles. The molecule has 1 fully saturated rings. The van der Waals surface area contributed by atoms with Gasteiger partial charge in [-0.15, -0.1) is 0 Å². The SMILES string of the molecule is CCC(C)(C)CCCCc1c(O)cc(O)c(O)c1CCCCCC1(C)CC1. The zero-order chi connectivity index (χ0) is 20.1. The van der Waals surface area contributed by atoms with Crippen molar-refractivity contribution in [2.75, 3.05) is 0 Å². The molecule has 0 aromatic heterocycles. The Bertz CT molecular complexity index is 615. The van der Waals surface area contributed by atoms with Crippen LogP contribution in [0.15, 0.2) is 6.07 Å². The summed E-state index contributed by atoms with van der Waals surface area (Å²) in [7, 11) is 0. The smallest absolute Gasteiger partial charge is 0.161 e. The maximum atomic E-state index is 10.4. The molecular formula is C24H40O3. The largest absolute Gasteiger partial charge is 0.508 e. The summed E-state index contributed by atoms with van der Waals surface area (Å²) < 4.78 is 0. The minimum Gasteiger partial charge on any atom is -0.508 e. The van der Waals surface area contributed by atoms with Gasteiger partial charge in [-0.25, -0.2) is 0 Å². The molecule has 154 valence electrons. The second-order valence-electron chi connectivity index (χ2n) is 9.82. The molecule has 3 nitrogen and oxygen atoms in total. The predicted octanol–water partition coefficient (Wildman–Crippen LogP) is 6.86. The summed E-state index contributed by atoms with van der Waals surface area (Å²) in [5, 5.41) is 30.6. The molecular weight excluding hydrogens is 336 g/mol. The van der Waals surface area contributed by atoms with Gasteiger partial charge in [-0.2, -0.15) is 0 Å². The number of benzene rings is 1. The lowest BCUT2D eigenvalue weighted by Gasteiger charge is -2.22. The van der Waals surface area contributed by atoms with Crippen molar-refractivity contribution in [2.24, 2.45) is 10.8 Å². The van der Waals surface area contributed by atoms with Gasteiger partial charge < -0.3 is 15.3 Å². The molecule has 0 unspecified atom stereocenters. The molecule has 3 N–H and O–H groups in total. The van der Waals surface area contributed by atoms with E-state index in [-0.39, 0.29) is 17.2 Å². The number of rotatable bonds is 12. The van der Waals surface area contributed by atoms with E-state index in [1.807, 2.05) is 0 Å². The van der Waals surface area contributed by atoms with Crippen molar-refractivity contribution in [2.45, 2.75) is 105 Å². The Balaban J connectivity index is 1.91. The Hall–Kier alpha value is -1.38. The van der Waals surface area contributed by atoms with Gasteiger partial charge in [-0.3, -0.25) is 0 Å². The highest BCUT2D eigenvalue weighted by molar-refractivity contribution is 5.55. The Morgan fingerprint density at radius 1 is 0.889 bits per heavy atom. The van der Waals surface area contributed by atoms with Gasteiger partial charge in [-0.05, 0) is 62.2 Å². The standard InChI is InChI=1S/C24H40O3/c1-5-23(2,3)13-10-8-11-18-19(22(27)21(26)17-20(18)25)12-7-6-9-14-24(4)15-16-24/h17,25-27H,5-16H2,1-4H3. The Kier molecular flexibility index (Phi) is 7.47. The number of phenols is 3. The van der Waals surface area contributed by atoms with Gasteiger partial charge >= 0.3 is 0 Å². The summed E-state index contributed by atoms with van der Waals surface area (Å²) in [5.41, 5.74) is 2.54. The van der Waals surface area contributed by atoms with Gasteiger partial charge in [0.05, 0.1) is 0 Å². The van der Waals surface area contributed by atoms with Gasteiger partial charge in [-0.1, -0.05) is 53.4 Å². The fourth-order valence-electron chi connectivity index (χ4n) is 3.86. The van der Waals surface area contributed by atoms with Crippen LogP contribution in [0.4, 0.5) is 0 Å². The van der Waals surface area contributed by atoms with Crippen LogP contribution in [0.1, 0.15) is 103 Å². The van der Waals surface area contributed by atoms with Crippen LogP contribution in [0, 0.1) is 10.8 Å². The van der Waals surface area contributed by atoms with Gasteiger partial charge in [0.2, 0.25) is 0 Å². The van der Waals surface area contributed by atoms with E-state index in [0.717, 1.165) is 49.7 Å². The third-order valence-corrected chi connectivity index (χ3v) is 6.77. The molecule has 0 bridgehead atoms. The van der Waals surface area contributed by atoms with Crippen molar-refractivity contribution in [1.29, 1.82) is 0 Å². The molecule has 27 heavy (non-hydrogen) atoms. The number of phenolic OH excluding ortho intramolecular Hbond substituents is 3. The molecule has 0 atom stereocenters. The van der Waals surface area contributed by atoms with Gasteiger partial charge in [0, 0.05) is 17.2 Å². The van der Waals surface area contributed by atoms with E-state index >= 15 is 0 Å². The van der Waals surface area contributed by atoms with Crippen molar-refractivity contribution in [3.8, 4) is 17.2 Å². The molecule has 0 spiro atoms. The highest BCUT2D eigenvalue weighted by Gasteiger charge is 2.35. The van der Waals surface area contributed by atoms with Gasteiger partial charge in [0.15, 0.2) is 11.5 Å². The van der Waals surface area contributed by atoms with Crippen LogP contribution >= 0.6 is 0 Å². The van der Waals surface area contributed by atoms with E-state index < -0.39 is 0 Å². The predicted molar refractivity (Wildman–Crippen MR) is 113 cm³/mol. The second kappa shape index (κ2) is 9.21. The third-order valence-electron chi connectivity index (χ3n) is 6.77. The fourth-order valence-corrected chi connectivity index (χ4v) is 3.86. The lowest BCUT2D eigenvalue weighted by Crippen LogP contribution is -2.09. The van der Waals surface area contributed by atoms with Crippen LogP contribution in [0.5, 0.6) is 17.2 Å². The van der Waals surface area contributed by atoms with Crippen LogP contribution in [0.25, 0.3) is 0 Å². The number of hydrogen-bond donors (Lipinski definition) is 3. The van der Waals surface area contributed by atoms with Crippen molar-refractivity contribution >= 4 is 0 Å². The number of aromatic hydroxyl groups is 3. The zero-order valence-electron chi connectivity index (χ0n) is 17.9. The maximum Gasteiger partial charge on any atom is 0.161 e. The fraction of sp³-hybridized carbons (Fsp3) is 0.750. The van der Waals surface area contributed by atoms with Crippen molar-refractivity contribution in [3.63, 3.8) is 0 Å². The quantitative estimate of drug-likeness (QED) is 0.212. The van der Waals surface area contributed by atoms with E-state index in [4.69, 9.17) is 0 Å². The van der Waals surface area contributed by atoms with Crippen LogP contribution < -0.4 is 0 Å². The van der Waals surface area contributed by atoms with Gasteiger partial charge in [0.25, 0.3) is 0 Å². The molecule has 1 aromatic rings. The molecule has 0 heterocycles. The van der Waals surface area contributed by atoms with Gasteiger partial charge in [0.1, 0.15) is 5.75 Å². The second-order valence-corrected chi connectivity index (χ2v) is 9.82. The lowest BCUT2D eigenvalue weighted by molar-refractivity contribution is 0.309. The van der Waals surface area contributed by atoms with E-state index in [1.165, 1.54) is 44.6 Å². The summed E-state index contributed by atoms with van der Waals surface area (Å²) in [6, 6.07) is 1.29. The summed E-state index contributed by atoms with van der Waals surface area (Å²) >= 11 is 0. The first-order valence-corrected chi connectivity index (χ1v) is 10.9. The van der Waals surface area contributed by atoms with Crippen LogP contribution in [-0.2, 0) is 12.8 Å². The zero-order valence-corrected chi connectivity index (χ0v) is 17.9. The maximum absolute atomic E-state index is 10.4. The molecule has 1 aromatic carbocycles. The van der Waals surface area contributed by atoms with E-state index in [2.05, 4.69) is 27.7 Å². The van der Waals surface area contributed by atoms with Crippen molar-refractivity contribution < 1.29 is 15.3 Å². The molecule has 0 amide bonds. The molecule has 2 rings (SSSR count). The van der Waals surface area contributed by atoms with E-state index in [1.54, 1.807) is 0 Å². The van der Waals surface area contributed by atoms with Crippen LogP contribution in [-0.4, -0.2) is 15.3 Å². The summed E-state index contributed by atoms with van der Waals surface area (Å²) in [4.78, 5) is 0. The van der Waals surface area contributed by atoms with Crippen LogP contribution in [0.2, 0.25) is 0 Å². The van der Waals surface area contributed by atoms with Crippen molar-refractivity contribution in [3.05, 3.63) is 17.2 Å². The topological polar surface area (TPSA) is 60.7 Å². The highest BCUT2D eigenvalue weighted by Crippen LogP contribution is 2.49. The van der Waals surface area contributed by atoms with E-state index in [9.17, 15) is 15.3 Å². The number of hydrogen-bond acceptors (Lipinski definition) is 3. The third kappa shape index (κ3) is 6.62. The average Bonchev–Trinajstić information content (AvgIpc) is 3.34. The first kappa shape index (κ1) is 21.9. The molecule has 1 aliphatic rings. The molecule has 1 saturated carbocycles. The monoisotopic (exact) mass is 376 g/mol. The normalized spacial score (nSPS) is 15.9. The summed E-state index contributed by atoms with van der Waals surface area (Å²) in [6.45, 7) is 9.18. The Morgan fingerprint density at radius 3 is 2.15 bits per heavy atom. The molecule has 0 radical (unpaired) electrons.